The fourth-order valence-corrected chi connectivity index (χ4v) is 1.35. The van der Waals surface area contributed by atoms with Crippen molar-refractivity contribution in [1.82, 2.24) is 10.2 Å². The summed E-state index contributed by atoms with van der Waals surface area (Å²) < 4.78 is 0. The third-order valence-corrected chi connectivity index (χ3v) is 2.49. The Labute approximate surface area is 90.1 Å². The summed E-state index contributed by atoms with van der Waals surface area (Å²) in [7, 11) is 2.17. The van der Waals surface area contributed by atoms with Crippen LogP contribution in [0.5, 0.6) is 0 Å². The van der Waals surface area contributed by atoms with Crippen LogP contribution >= 0.6 is 0 Å². The van der Waals surface area contributed by atoms with Crippen molar-refractivity contribution in [3.8, 4) is 0 Å². The number of hydrogen-bond acceptors (Lipinski definition) is 2. The maximum Gasteiger partial charge on any atom is 0.0166 e. The van der Waals surface area contributed by atoms with E-state index in [1.54, 1.807) is 0 Å². The zero-order chi connectivity index (χ0) is 11.2. The van der Waals surface area contributed by atoms with Crippen molar-refractivity contribution in [2.45, 2.75) is 47.1 Å². The minimum Gasteiger partial charge on any atom is -0.313 e. The molecule has 0 aliphatic rings. The van der Waals surface area contributed by atoms with Gasteiger partial charge in [0.25, 0.3) is 0 Å². The molecule has 0 aliphatic heterocycles. The second kappa shape index (κ2) is 6.41. The monoisotopic (exact) mass is 200 g/mol. The molecule has 0 spiro atoms. The fourth-order valence-electron chi connectivity index (χ4n) is 1.35. The van der Waals surface area contributed by atoms with E-state index in [0.717, 1.165) is 19.6 Å². The first-order chi connectivity index (χ1) is 6.35. The summed E-state index contributed by atoms with van der Waals surface area (Å²) in [5.74, 6) is 0. The van der Waals surface area contributed by atoms with Gasteiger partial charge >= 0.3 is 0 Å². The van der Waals surface area contributed by atoms with E-state index in [1.165, 1.54) is 6.42 Å². The van der Waals surface area contributed by atoms with Gasteiger partial charge in [0.1, 0.15) is 0 Å². The fraction of sp³-hybridized carbons (Fsp3) is 1.00. The minimum atomic E-state index is 0.448. The van der Waals surface area contributed by atoms with Crippen LogP contribution in [-0.2, 0) is 0 Å². The average Bonchev–Trinajstić information content (AvgIpc) is 2.01. The van der Waals surface area contributed by atoms with Crippen LogP contribution in [-0.4, -0.2) is 37.6 Å². The molecule has 0 saturated heterocycles. The molecule has 0 radical (unpaired) electrons. The Kier molecular flexibility index (Phi) is 6.38. The molecule has 1 N–H and O–H groups in total. The van der Waals surface area contributed by atoms with Crippen molar-refractivity contribution in [1.29, 1.82) is 0 Å². The van der Waals surface area contributed by atoms with Gasteiger partial charge in [-0.2, -0.15) is 0 Å². The molecular formula is C12H28N2. The van der Waals surface area contributed by atoms with Crippen LogP contribution in [0, 0.1) is 5.41 Å². The van der Waals surface area contributed by atoms with Crippen LogP contribution in [0.4, 0.5) is 0 Å². The molecule has 0 aromatic carbocycles. The normalized spacial score (nSPS) is 14.8. The van der Waals surface area contributed by atoms with Crippen molar-refractivity contribution in [2.24, 2.45) is 5.41 Å². The molecule has 2 nitrogen and oxygen atoms in total. The van der Waals surface area contributed by atoms with Gasteiger partial charge in [-0.3, -0.25) is 0 Å². The largest absolute Gasteiger partial charge is 0.313 e. The average molecular weight is 200 g/mol. The maximum atomic E-state index is 3.56. The summed E-state index contributed by atoms with van der Waals surface area (Å²) in [6.07, 6.45) is 1.24. The summed E-state index contributed by atoms with van der Waals surface area (Å²) in [6, 6.07) is 0.599. The highest BCUT2D eigenvalue weighted by molar-refractivity contribution is 4.68. The summed E-state index contributed by atoms with van der Waals surface area (Å²) in [5, 5.41) is 3.56. The van der Waals surface area contributed by atoms with E-state index >= 15 is 0 Å². The quantitative estimate of drug-likeness (QED) is 0.708. The number of nitrogens with one attached hydrogen (secondary N) is 1. The molecular weight excluding hydrogens is 172 g/mol. The topological polar surface area (TPSA) is 15.3 Å². The molecule has 0 amide bonds. The number of rotatable bonds is 6. The molecule has 0 rings (SSSR count). The van der Waals surface area contributed by atoms with E-state index in [4.69, 9.17) is 0 Å². The Morgan fingerprint density at radius 2 is 1.86 bits per heavy atom. The third-order valence-electron chi connectivity index (χ3n) is 2.49. The van der Waals surface area contributed by atoms with E-state index < -0.39 is 0 Å². The molecule has 0 aromatic rings. The Morgan fingerprint density at radius 3 is 2.29 bits per heavy atom. The van der Waals surface area contributed by atoms with E-state index in [1.807, 2.05) is 0 Å². The van der Waals surface area contributed by atoms with Gasteiger partial charge in [-0.05, 0) is 38.9 Å². The highest BCUT2D eigenvalue weighted by atomic mass is 15.1. The lowest BCUT2D eigenvalue weighted by Gasteiger charge is -2.23. The molecule has 0 aliphatic carbocycles. The van der Waals surface area contributed by atoms with Gasteiger partial charge < -0.3 is 10.2 Å². The number of likely N-dealkylation sites (N-methyl/N-ethyl adjacent to an activating group) is 1. The van der Waals surface area contributed by atoms with Gasteiger partial charge in [-0.1, -0.05) is 27.7 Å². The second-order valence-corrected chi connectivity index (χ2v) is 5.52. The van der Waals surface area contributed by atoms with Crippen LogP contribution in [0.1, 0.15) is 41.0 Å². The number of nitrogens with zero attached hydrogens (tertiary/aromatic N) is 1. The van der Waals surface area contributed by atoms with Gasteiger partial charge in [-0.25, -0.2) is 0 Å². The van der Waals surface area contributed by atoms with E-state index in [9.17, 15) is 0 Å². The molecule has 2 heteroatoms. The highest BCUT2D eigenvalue weighted by Crippen LogP contribution is 2.16. The summed E-state index contributed by atoms with van der Waals surface area (Å²) in [6.45, 7) is 14.7. The summed E-state index contributed by atoms with van der Waals surface area (Å²) in [4.78, 5) is 2.34. The Balaban J connectivity index is 3.49. The lowest BCUT2D eigenvalue weighted by Crippen LogP contribution is -2.38. The lowest BCUT2D eigenvalue weighted by molar-refractivity contribution is 0.296. The Hall–Kier alpha value is -0.0800. The third kappa shape index (κ3) is 8.52. The molecule has 0 saturated carbocycles. The number of hydrogen-bond donors (Lipinski definition) is 1. The predicted octanol–water partition coefficient (Wildman–Crippen LogP) is 2.35. The van der Waals surface area contributed by atoms with Crippen LogP contribution in [0.15, 0.2) is 0 Å². The molecule has 0 heterocycles. The van der Waals surface area contributed by atoms with Gasteiger partial charge in [-0.15, -0.1) is 0 Å². The Morgan fingerprint density at radius 1 is 1.29 bits per heavy atom. The predicted molar refractivity (Wildman–Crippen MR) is 64.7 cm³/mol. The molecule has 14 heavy (non-hydrogen) atoms. The standard InChI is InChI=1S/C12H28N2/c1-7-14(6)10-11(2)13-9-8-12(3,4)5/h11,13H,7-10H2,1-6H3. The summed E-state index contributed by atoms with van der Waals surface area (Å²) in [5.41, 5.74) is 0.448. The molecule has 0 fully saturated rings. The Bertz CT molecular complexity index is 138. The first-order valence-corrected chi connectivity index (χ1v) is 5.77. The molecule has 0 bridgehead atoms. The minimum absolute atomic E-state index is 0.448. The van der Waals surface area contributed by atoms with E-state index in [2.05, 4.69) is 51.9 Å². The van der Waals surface area contributed by atoms with E-state index in [0.29, 0.717) is 11.5 Å². The van der Waals surface area contributed by atoms with Crippen molar-refractivity contribution >= 4 is 0 Å². The van der Waals surface area contributed by atoms with Gasteiger partial charge in [0.2, 0.25) is 0 Å². The molecule has 1 unspecified atom stereocenters. The van der Waals surface area contributed by atoms with Crippen LogP contribution in [0.3, 0.4) is 0 Å². The molecule has 0 aromatic heterocycles. The molecule has 86 valence electrons. The van der Waals surface area contributed by atoms with Crippen molar-refractivity contribution < 1.29 is 0 Å². The smallest absolute Gasteiger partial charge is 0.0166 e. The van der Waals surface area contributed by atoms with E-state index in [-0.39, 0.29) is 0 Å². The maximum absolute atomic E-state index is 3.56. The van der Waals surface area contributed by atoms with Crippen molar-refractivity contribution in [3.63, 3.8) is 0 Å². The van der Waals surface area contributed by atoms with Crippen molar-refractivity contribution in [2.75, 3.05) is 26.7 Å². The second-order valence-electron chi connectivity index (χ2n) is 5.52. The lowest BCUT2D eigenvalue weighted by atomic mass is 9.92. The summed E-state index contributed by atoms with van der Waals surface area (Å²) >= 11 is 0. The van der Waals surface area contributed by atoms with Crippen LogP contribution in [0.25, 0.3) is 0 Å². The van der Waals surface area contributed by atoms with Crippen LogP contribution in [0.2, 0.25) is 0 Å². The first kappa shape index (κ1) is 13.9. The molecule has 1 atom stereocenters. The zero-order valence-electron chi connectivity index (χ0n) is 10.9. The van der Waals surface area contributed by atoms with Crippen molar-refractivity contribution in [3.05, 3.63) is 0 Å². The van der Waals surface area contributed by atoms with Gasteiger partial charge in [0.15, 0.2) is 0 Å². The first-order valence-electron chi connectivity index (χ1n) is 5.77. The van der Waals surface area contributed by atoms with Crippen LogP contribution < -0.4 is 5.32 Å². The highest BCUT2D eigenvalue weighted by Gasteiger charge is 2.10. The SMILES string of the molecule is CCN(C)CC(C)NCCC(C)(C)C. The van der Waals surface area contributed by atoms with Gasteiger partial charge in [0.05, 0.1) is 0 Å². The zero-order valence-corrected chi connectivity index (χ0v) is 10.9. The van der Waals surface area contributed by atoms with Gasteiger partial charge in [0, 0.05) is 12.6 Å².